The van der Waals surface area contributed by atoms with Crippen molar-refractivity contribution in [3.63, 3.8) is 0 Å². The first-order chi connectivity index (χ1) is 12.9. The molecular formula is C19H25N3O4S. The van der Waals surface area contributed by atoms with Crippen LogP contribution >= 0.6 is 0 Å². The van der Waals surface area contributed by atoms with Crippen molar-refractivity contribution in [2.24, 2.45) is 5.41 Å². The minimum atomic E-state index is -3.07. The number of rotatable bonds is 5. The molecule has 1 aliphatic carbocycles. The average Bonchev–Trinajstić information content (AvgIpc) is 3.13. The maximum atomic E-state index is 12.7. The first kappa shape index (κ1) is 18.3. The smallest absolute Gasteiger partial charge is 0.240 e. The van der Waals surface area contributed by atoms with E-state index in [2.05, 4.69) is 15.5 Å². The van der Waals surface area contributed by atoms with Crippen LogP contribution in [0.3, 0.4) is 0 Å². The Labute approximate surface area is 159 Å². The third-order valence-electron chi connectivity index (χ3n) is 5.78. The zero-order chi connectivity index (χ0) is 19.1. The van der Waals surface area contributed by atoms with Gasteiger partial charge < -0.3 is 15.5 Å². The molecule has 0 aromatic heterocycles. The van der Waals surface area contributed by atoms with Gasteiger partial charge in [-0.3, -0.25) is 9.59 Å². The number of nitrogens with one attached hydrogen (secondary N) is 2. The number of nitrogens with zero attached hydrogens (tertiary/aromatic N) is 1. The number of sulfone groups is 1. The highest BCUT2D eigenvalue weighted by Crippen LogP contribution is 2.47. The average molecular weight is 391 g/mol. The van der Waals surface area contributed by atoms with Crippen LogP contribution in [0, 0.1) is 5.41 Å². The molecule has 2 N–H and O–H groups in total. The number of hydrogen-bond donors (Lipinski definition) is 2. The van der Waals surface area contributed by atoms with Crippen molar-refractivity contribution >= 4 is 33.0 Å². The van der Waals surface area contributed by atoms with Gasteiger partial charge in [0.25, 0.3) is 0 Å². The fourth-order valence-corrected chi connectivity index (χ4v) is 5.57. The summed E-state index contributed by atoms with van der Waals surface area (Å²) in [7, 11) is -3.07. The number of anilines is 2. The molecule has 1 aromatic carbocycles. The summed E-state index contributed by atoms with van der Waals surface area (Å²) in [5, 5.41) is 5.61. The predicted molar refractivity (Wildman–Crippen MR) is 103 cm³/mol. The molecule has 3 aliphatic rings. The van der Waals surface area contributed by atoms with Crippen LogP contribution in [-0.4, -0.2) is 50.9 Å². The van der Waals surface area contributed by atoms with Crippen LogP contribution in [0.25, 0.3) is 0 Å². The Morgan fingerprint density at radius 2 is 1.70 bits per heavy atom. The Morgan fingerprint density at radius 3 is 2.26 bits per heavy atom. The van der Waals surface area contributed by atoms with Crippen LogP contribution in [0.1, 0.15) is 32.1 Å². The highest BCUT2D eigenvalue weighted by molar-refractivity contribution is 7.91. The fourth-order valence-electron chi connectivity index (χ4n) is 3.90. The monoisotopic (exact) mass is 391 g/mol. The molecule has 27 heavy (non-hydrogen) atoms. The number of carbonyl (C=O) groups excluding carboxylic acids is 2. The first-order valence-corrected chi connectivity index (χ1v) is 11.4. The summed E-state index contributed by atoms with van der Waals surface area (Å²) in [6, 6.07) is 7.33. The minimum absolute atomic E-state index is 0.0333. The predicted octanol–water partition coefficient (Wildman–Crippen LogP) is 1.31. The van der Waals surface area contributed by atoms with Crippen LogP contribution in [0.5, 0.6) is 0 Å². The maximum Gasteiger partial charge on any atom is 0.240 e. The summed E-state index contributed by atoms with van der Waals surface area (Å²) in [5.41, 5.74) is 0.761. The van der Waals surface area contributed by atoms with Crippen molar-refractivity contribution in [2.45, 2.75) is 38.1 Å². The van der Waals surface area contributed by atoms with E-state index in [9.17, 15) is 18.0 Å². The van der Waals surface area contributed by atoms with Gasteiger partial charge in [0, 0.05) is 30.5 Å². The molecule has 7 nitrogen and oxygen atoms in total. The molecule has 0 radical (unpaired) electrons. The Balaban J connectivity index is 1.36. The molecule has 2 aliphatic heterocycles. The normalized spacial score (nSPS) is 25.2. The molecule has 0 bridgehead atoms. The van der Waals surface area contributed by atoms with E-state index >= 15 is 0 Å². The van der Waals surface area contributed by atoms with Crippen LogP contribution in [-0.2, 0) is 19.4 Å². The van der Waals surface area contributed by atoms with E-state index < -0.39 is 15.3 Å². The first-order valence-electron chi connectivity index (χ1n) is 9.56. The minimum Gasteiger partial charge on any atom is -0.372 e. The lowest BCUT2D eigenvalue weighted by Gasteiger charge is -2.19. The van der Waals surface area contributed by atoms with E-state index in [4.69, 9.17) is 0 Å². The Hall–Kier alpha value is -2.09. The lowest BCUT2D eigenvalue weighted by atomic mass is 10.0. The number of carbonyl (C=O) groups is 2. The topological polar surface area (TPSA) is 95.6 Å². The molecule has 1 aromatic rings. The van der Waals surface area contributed by atoms with E-state index in [0.29, 0.717) is 24.9 Å². The highest BCUT2D eigenvalue weighted by Gasteiger charge is 2.57. The van der Waals surface area contributed by atoms with Crippen LogP contribution < -0.4 is 15.5 Å². The Kier molecular flexibility index (Phi) is 4.61. The van der Waals surface area contributed by atoms with Crippen molar-refractivity contribution in [2.75, 3.05) is 34.8 Å². The molecule has 2 amide bonds. The third-order valence-corrected chi connectivity index (χ3v) is 7.55. The van der Waals surface area contributed by atoms with Gasteiger partial charge in [-0.15, -0.1) is 0 Å². The molecule has 1 unspecified atom stereocenters. The molecule has 1 atom stereocenters. The summed E-state index contributed by atoms with van der Waals surface area (Å²) in [4.78, 5) is 27.6. The van der Waals surface area contributed by atoms with E-state index in [1.807, 2.05) is 24.3 Å². The zero-order valence-corrected chi connectivity index (χ0v) is 16.1. The van der Waals surface area contributed by atoms with E-state index in [1.54, 1.807) is 0 Å². The maximum absolute atomic E-state index is 12.7. The second kappa shape index (κ2) is 6.82. The second-order valence-electron chi connectivity index (χ2n) is 7.85. The number of hydrogen-bond acceptors (Lipinski definition) is 5. The second-order valence-corrected chi connectivity index (χ2v) is 10.1. The summed E-state index contributed by atoms with van der Waals surface area (Å²) in [5.74, 6) is -0.597. The van der Waals surface area contributed by atoms with Gasteiger partial charge in [-0.25, -0.2) is 8.42 Å². The molecule has 4 rings (SSSR count). The van der Waals surface area contributed by atoms with Gasteiger partial charge in [0.15, 0.2) is 9.84 Å². The lowest BCUT2D eigenvalue weighted by molar-refractivity contribution is -0.134. The number of amides is 2. The fraction of sp³-hybridized carbons (Fsp3) is 0.579. The Bertz CT molecular complexity index is 840. The van der Waals surface area contributed by atoms with Gasteiger partial charge in [0.2, 0.25) is 11.8 Å². The van der Waals surface area contributed by atoms with Crippen LogP contribution in [0.15, 0.2) is 24.3 Å². The molecule has 2 saturated heterocycles. The van der Waals surface area contributed by atoms with E-state index in [0.717, 1.165) is 18.8 Å². The van der Waals surface area contributed by atoms with Crippen molar-refractivity contribution < 1.29 is 18.0 Å². The summed E-state index contributed by atoms with van der Waals surface area (Å²) < 4.78 is 23.1. The lowest BCUT2D eigenvalue weighted by Crippen LogP contribution is -2.45. The standard InChI is InChI=1S/C19H25N3O4S/c23-17(20-14-3-5-16(6-4-14)22-10-1-2-11-22)19(8-9-19)18(24)21-15-7-12-27(25,26)13-15/h3-6,15H,1-2,7-13H2,(H,20,23)(H,21,24). The molecule has 1 saturated carbocycles. The molecule has 8 heteroatoms. The van der Waals surface area contributed by atoms with Gasteiger partial charge in [0.1, 0.15) is 5.41 Å². The molecule has 2 heterocycles. The molecule has 3 fully saturated rings. The van der Waals surface area contributed by atoms with Gasteiger partial charge in [0.05, 0.1) is 11.5 Å². The van der Waals surface area contributed by atoms with Crippen molar-refractivity contribution in [3.05, 3.63) is 24.3 Å². The largest absolute Gasteiger partial charge is 0.372 e. The highest BCUT2D eigenvalue weighted by atomic mass is 32.2. The van der Waals surface area contributed by atoms with Gasteiger partial charge >= 0.3 is 0 Å². The quantitative estimate of drug-likeness (QED) is 0.738. The van der Waals surface area contributed by atoms with Crippen LogP contribution in [0.2, 0.25) is 0 Å². The van der Waals surface area contributed by atoms with E-state index in [1.165, 1.54) is 12.8 Å². The summed E-state index contributed by atoms with van der Waals surface area (Å²) in [6.45, 7) is 2.12. The molecular weight excluding hydrogens is 366 g/mol. The van der Waals surface area contributed by atoms with Gasteiger partial charge in [-0.1, -0.05) is 0 Å². The van der Waals surface area contributed by atoms with Crippen molar-refractivity contribution in [1.29, 1.82) is 0 Å². The summed E-state index contributed by atoms with van der Waals surface area (Å²) >= 11 is 0. The Morgan fingerprint density at radius 1 is 1.04 bits per heavy atom. The number of benzene rings is 1. The van der Waals surface area contributed by atoms with E-state index in [-0.39, 0.29) is 29.4 Å². The summed E-state index contributed by atoms with van der Waals surface area (Å²) in [6.07, 6.45) is 3.83. The van der Waals surface area contributed by atoms with Crippen molar-refractivity contribution in [3.8, 4) is 0 Å². The SMILES string of the molecule is O=C(Nc1ccc(N2CCCC2)cc1)C1(C(=O)NC2CCS(=O)(=O)C2)CC1. The van der Waals surface area contributed by atoms with Crippen molar-refractivity contribution in [1.82, 2.24) is 5.32 Å². The zero-order valence-electron chi connectivity index (χ0n) is 15.2. The molecule has 0 spiro atoms. The molecule has 146 valence electrons. The van der Waals surface area contributed by atoms with Crippen LogP contribution in [0.4, 0.5) is 11.4 Å². The van der Waals surface area contributed by atoms with Gasteiger partial charge in [-0.05, 0) is 56.4 Å². The third kappa shape index (κ3) is 3.81. The van der Waals surface area contributed by atoms with Gasteiger partial charge in [-0.2, -0.15) is 0 Å².